The molecule has 1 saturated heterocycles. The van der Waals surface area contributed by atoms with Gasteiger partial charge >= 0.3 is 11.8 Å². The van der Waals surface area contributed by atoms with Gasteiger partial charge in [-0.1, -0.05) is 23.7 Å². The topological polar surface area (TPSA) is 128 Å². The summed E-state index contributed by atoms with van der Waals surface area (Å²) >= 11 is 5.84. The van der Waals surface area contributed by atoms with Crippen molar-refractivity contribution in [3.05, 3.63) is 56.5 Å². The van der Waals surface area contributed by atoms with E-state index in [2.05, 4.69) is 15.2 Å². The Morgan fingerprint density at radius 3 is 2.41 bits per heavy atom. The normalized spacial score (nSPS) is 23.2. The van der Waals surface area contributed by atoms with Crippen LogP contribution in [-0.2, 0) is 28.2 Å². The van der Waals surface area contributed by atoms with Gasteiger partial charge in [-0.05, 0) is 51.3 Å². The summed E-state index contributed by atoms with van der Waals surface area (Å²) in [6.45, 7) is 2.71. The van der Waals surface area contributed by atoms with E-state index >= 15 is 0 Å². The van der Waals surface area contributed by atoms with Gasteiger partial charge in [-0.25, -0.2) is 9.37 Å². The highest BCUT2D eigenvalue weighted by atomic mass is 35.5. The van der Waals surface area contributed by atoms with E-state index < -0.39 is 46.1 Å². The van der Waals surface area contributed by atoms with Crippen molar-refractivity contribution in [2.24, 2.45) is 5.41 Å². The molecule has 13 heteroatoms. The molecule has 2 fully saturated rings. The van der Waals surface area contributed by atoms with Gasteiger partial charge in [-0.15, -0.1) is 0 Å². The minimum Gasteiger partial charge on any atom is -0.501 e. The first-order valence-electron chi connectivity index (χ1n) is 13.7. The van der Waals surface area contributed by atoms with Gasteiger partial charge in [0, 0.05) is 51.8 Å². The van der Waals surface area contributed by atoms with Crippen molar-refractivity contribution < 1.29 is 23.9 Å². The molecule has 1 aromatic carbocycles. The Kier molecular flexibility index (Phi) is 7.58. The van der Waals surface area contributed by atoms with Crippen LogP contribution in [0.25, 0.3) is 0 Å². The zero-order valence-corrected chi connectivity index (χ0v) is 24.1. The number of rotatable bonds is 6. The van der Waals surface area contributed by atoms with E-state index in [0.717, 1.165) is 26.1 Å². The molecule has 6 rings (SSSR count). The van der Waals surface area contributed by atoms with E-state index in [9.17, 15) is 28.7 Å². The Morgan fingerprint density at radius 2 is 1.80 bits per heavy atom. The van der Waals surface area contributed by atoms with E-state index in [1.54, 1.807) is 0 Å². The number of aromatic hydroxyl groups is 1. The van der Waals surface area contributed by atoms with Gasteiger partial charge in [0.05, 0.1) is 5.02 Å². The van der Waals surface area contributed by atoms with Crippen LogP contribution in [0.1, 0.15) is 54.0 Å². The second kappa shape index (κ2) is 10.7. The van der Waals surface area contributed by atoms with Crippen LogP contribution in [-0.4, -0.2) is 87.9 Å². The smallest absolute Gasteiger partial charge is 0.312 e. The van der Waals surface area contributed by atoms with Crippen LogP contribution in [0, 0.1) is 11.2 Å². The molecule has 0 radical (unpaired) electrons. The van der Waals surface area contributed by atoms with Gasteiger partial charge in [-0.3, -0.25) is 23.7 Å². The number of hydrogen-bond donors (Lipinski definition) is 2. The minimum atomic E-state index is -1.15. The number of carbonyl (C=O) groups excluding carboxylic acids is 3. The lowest BCUT2D eigenvalue weighted by molar-refractivity contribution is -0.155. The number of fused-ring (bicyclic) bond motifs is 2. The first-order valence-corrected chi connectivity index (χ1v) is 14.0. The van der Waals surface area contributed by atoms with E-state index in [1.165, 1.54) is 53.7 Å². The molecular formula is C28H34ClFN6O5. The molecule has 11 nitrogen and oxygen atoms in total. The average Bonchev–Trinajstić information content (AvgIpc) is 3.16. The molecule has 0 spiro atoms. The fraction of sp³-hybridized carbons (Fsp3) is 0.536. The number of benzene rings is 1. The zero-order chi connectivity index (χ0) is 29.7. The fourth-order valence-electron chi connectivity index (χ4n) is 6.30. The summed E-state index contributed by atoms with van der Waals surface area (Å²) in [6.07, 6.45) is 3.29. The van der Waals surface area contributed by atoms with Gasteiger partial charge in [0.1, 0.15) is 17.2 Å². The van der Waals surface area contributed by atoms with Gasteiger partial charge in [0.25, 0.3) is 11.5 Å². The first-order chi connectivity index (χ1) is 19.4. The van der Waals surface area contributed by atoms with E-state index in [1.807, 2.05) is 0 Å². The van der Waals surface area contributed by atoms with Crippen LogP contribution in [0.15, 0.2) is 23.0 Å². The predicted molar refractivity (Wildman–Crippen MR) is 148 cm³/mol. The molecular weight excluding hydrogens is 555 g/mol. The lowest BCUT2D eigenvalue weighted by Crippen LogP contribution is -2.55. The lowest BCUT2D eigenvalue weighted by atomic mass is 9.67. The van der Waals surface area contributed by atoms with E-state index in [4.69, 9.17) is 11.6 Å². The molecule has 0 unspecified atom stereocenters. The molecule has 2 aromatic rings. The molecule has 4 aliphatic rings. The van der Waals surface area contributed by atoms with Crippen LogP contribution >= 0.6 is 11.6 Å². The van der Waals surface area contributed by atoms with Gasteiger partial charge in [0.15, 0.2) is 5.69 Å². The summed E-state index contributed by atoms with van der Waals surface area (Å²) in [5, 5.41) is 13.3. The maximum absolute atomic E-state index is 14.4. The highest BCUT2D eigenvalue weighted by Crippen LogP contribution is 2.52. The van der Waals surface area contributed by atoms with Crippen molar-refractivity contribution >= 4 is 29.3 Å². The van der Waals surface area contributed by atoms with Crippen molar-refractivity contribution in [3.63, 3.8) is 0 Å². The third-order valence-corrected chi connectivity index (χ3v) is 9.21. The van der Waals surface area contributed by atoms with Crippen molar-refractivity contribution in [2.45, 2.75) is 50.7 Å². The predicted octanol–water partition coefficient (Wildman–Crippen LogP) is 1.69. The first kappa shape index (κ1) is 29.0. The van der Waals surface area contributed by atoms with Crippen molar-refractivity contribution in [1.29, 1.82) is 0 Å². The highest BCUT2D eigenvalue weighted by molar-refractivity contribution is 6.34. The largest absolute Gasteiger partial charge is 0.501 e. The van der Waals surface area contributed by atoms with Crippen LogP contribution in [0.2, 0.25) is 5.02 Å². The molecule has 1 saturated carbocycles. The molecule has 4 heterocycles. The molecule has 3 aliphatic heterocycles. The Morgan fingerprint density at radius 1 is 1.12 bits per heavy atom. The number of amides is 3. The number of hydrogen-bond acceptors (Lipinski definition) is 7. The van der Waals surface area contributed by atoms with Gasteiger partial charge in [-0.2, -0.15) is 0 Å². The third-order valence-electron chi connectivity index (χ3n) is 8.92. The summed E-state index contributed by atoms with van der Waals surface area (Å²) in [5.74, 6) is -3.73. The molecule has 3 amide bonds. The van der Waals surface area contributed by atoms with Crippen molar-refractivity contribution in [1.82, 2.24) is 29.6 Å². The Labute approximate surface area is 241 Å². The van der Waals surface area contributed by atoms with Gasteiger partial charge in [0.2, 0.25) is 5.75 Å². The fourth-order valence-corrected chi connectivity index (χ4v) is 6.49. The molecule has 2 bridgehead atoms. The van der Waals surface area contributed by atoms with E-state index in [0.29, 0.717) is 25.7 Å². The van der Waals surface area contributed by atoms with E-state index in [-0.39, 0.29) is 34.9 Å². The third kappa shape index (κ3) is 4.97. The lowest BCUT2D eigenvalue weighted by Gasteiger charge is -2.48. The Bertz CT molecular complexity index is 1460. The number of likely N-dealkylation sites (tertiary alicyclic amines) is 1. The Hall–Kier alpha value is -3.51. The number of nitrogens with one attached hydrogen (secondary N) is 1. The average molecular weight is 589 g/mol. The van der Waals surface area contributed by atoms with Gasteiger partial charge < -0.3 is 25.1 Å². The second-order valence-electron chi connectivity index (χ2n) is 11.6. The standard InChI is InChI=1S/C28H34ClFN6O5/c1-33(2)24(40)25(41)34(3)28-10-8-27(9-11-28,15-35-12-5-13-35)16-36-23(39)21(37)20(32-26(28)36)22(38)31-14-17-6-4-7-18(29)19(17)30/h4,6-7,37H,5,8-16H2,1-3H3,(H,31,38). The number of carbonyl (C=O) groups is 3. The van der Waals surface area contributed by atoms with Crippen molar-refractivity contribution in [2.75, 3.05) is 40.8 Å². The summed E-state index contributed by atoms with van der Waals surface area (Å²) in [4.78, 5) is 62.4. The van der Waals surface area contributed by atoms with Crippen molar-refractivity contribution in [3.8, 4) is 5.75 Å². The maximum Gasteiger partial charge on any atom is 0.312 e. The number of halogens is 2. The van der Waals surface area contributed by atoms with Crippen LogP contribution < -0.4 is 10.9 Å². The van der Waals surface area contributed by atoms with Crippen LogP contribution in [0.5, 0.6) is 5.75 Å². The molecule has 41 heavy (non-hydrogen) atoms. The second-order valence-corrected chi connectivity index (χ2v) is 12.1. The number of aromatic nitrogens is 2. The quantitative estimate of drug-likeness (QED) is 0.492. The molecule has 1 aliphatic carbocycles. The molecule has 220 valence electrons. The molecule has 0 atom stereocenters. The molecule has 1 aromatic heterocycles. The Balaban J connectivity index is 1.57. The SMILES string of the molecule is CN(C)C(=O)C(=O)N(C)C12CCC(CN3CCC3)(CC1)Cn1c2nc(C(=O)NCc2cccc(Cl)c2F)c(O)c1=O. The highest BCUT2D eigenvalue weighted by Gasteiger charge is 2.55. The maximum atomic E-state index is 14.4. The number of likely N-dealkylation sites (N-methyl/N-ethyl adjacent to an activating group) is 2. The molecule has 2 N–H and O–H groups in total. The van der Waals surface area contributed by atoms with Crippen LogP contribution in [0.4, 0.5) is 4.39 Å². The summed E-state index contributed by atoms with van der Waals surface area (Å²) in [7, 11) is 4.48. The monoisotopic (exact) mass is 588 g/mol. The summed E-state index contributed by atoms with van der Waals surface area (Å²) < 4.78 is 15.8. The summed E-state index contributed by atoms with van der Waals surface area (Å²) in [6, 6.07) is 4.37. The van der Waals surface area contributed by atoms with Crippen LogP contribution in [0.3, 0.4) is 0 Å². The zero-order valence-electron chi connectivity index (χ0n) is 23.4. The number of nitrogens with zero attached hydrogens (tertiary/aromatic N) is 5. The summed E-state index contributed by atoms with van der Waals surface area (Å²) in [5.41, 5.74) is -2.65. The minimum absolute atomic E-state index is 0.106.